The van der Waals surface area contributed by atoms with E-state index < -0.39 is 11.7 Å². The number of anilines is 1. The van der Waals surface area contributed by atoms with E-state index in [4.69, 9.17) is 4.74 Å². The summed E-state index contributed by atoms with van der Waals surface area (Å²) in [6, 6.07) is 4.02. The van der Waals surface area contributed by atoms with Crippen LogP contribution in [0.3, 0.4) is 0 Å². The average Bonchev–Trinajstić information content (AvgIpc) is 2.53. The van der Waals surface area contributed by atoms with Crippen molar-refractivity contribution in [1.29, 1.82) is 0 Å². The second-order valence-corrected chi connectivity index (χ2v) is 8.10. The van der Waals surface area contributed by atoms with E-state index in [2.05, 4.69) is 10.6 Å². The smallest absolute Gasteiger partial charge is 0.407 e. The summed E-state index contributed by atoms with van der Waals surface area (Å²) in [6.07, 6.45) is 0.207. The van der Waals surface area contributed by atoms with Gasteiger partial charge in [-0.1, -0.05) is 17.7 Å². The van der Waals surface area contributed by atoms with Crippen molar-refractivity contribution in [3.05, 3.63) is 28.8 Å². The van der Waals surface area contributed by atoms with Crippen LogP contribution in [0.25, 0.3) is 0 Å². The standard InChI is InChI=1S/C21H33N3O4/c1-14-11-15(2)19(16(3)12-14)23-17(25)13-24(7)18(26)9-8-10-22-20(27)28-21(4,5)6/h11-12H,8-10,13H2,1-7H3,(H,22,27)(H,23,25). The first-order valence-corrected chi connectivity index (χ1v) is 9.47. The van der Waals surface area contributed by atoms with Gasteiger partial charge in [0.05, 0.1) is 6.54 Å². The minimum Gasteiger partial charge on any atom is -0.444 e. The highest BCUT2D eigenvalue weighted by atomic mass is 16.6. The SMILES string of the molecule is Cc1cc(C)c(NC(=O)CN(C)C(=O)CCCNC(=O)OC(C)(C)C)c(C)c1. The number of benzene rings is 1. The van der Waals surface area contributed by atoms with Crippen LogP contribution in [0.2, 0.25) is 0 Å². The number of hydrogen-bond acceptors (Lipinski definition) is 4. The fraction of sp³-hybridized carbons (Fsp3) is 0.571. The Hall–Kier alpha value is -2.57. The van der Waals surface area contributed by atoms with Crippen LogP contribution in [0, 0.1) is 20.8 Å². The zero-order valence-corrected chi connectivity index (χ0v) is 18.1. The highest BCUT2D eigenvalue weighted by Crippen LogP contribution is 2.21. The molecule has 0 aromatic heterocycles. The molecule has 1 aromatic rings. The molecule has 0 aliphatic carbocycles. The van der Waals surface area contributed by atoms with Gasteiger partial charge in [0, 0.05) is 25.7 Å². The molecule has 0 fully saturated rings. The van der Waals surface area contributed by atoms with E-state index in [1.165, 1.54) is 4.90 Å². The number of carbonyl (C=O) groups is 3. The van der Waals surface area contributed by atoms with Gasteiger partial charge in [-0.25, -0.2) is 4.79 Å². The van der Waals surface area contributed by atoms with Crippen molar-refractivity contribution in [2.45, 2.75) is 60.0 Å². The molecule has 156 valence electrons. The Labute approximate surface area is 167 Å². The minimum atomic E-state index is -0.554. The van der Waals surface area contributed by atoms with Crippen molar-refractivity contribution in [2.24, 2.45) is 0 Å². The maximum absolute atomic E-state index is 12.3. The number of nitrogens with zero attached hydrogens (tertiary/aromatic N) is 1. The highest BCUT2D eigenvalue weighted by Gasteiger charge is 2.17. The molecule has 0 unspecified atom stereocenters. The third-order valence-corrected chi connectivity index (χ3v) is 3.98. The lowest BCUT2D eigenvalue weighted by molar-refractivity contribution is -0.133. The summed E-state index contributed by atoms with van der Waals surface area (Å²) in [6.45, 7) is 11.6. The van der Waals surface area contributed by atoms with Crippen molar-refractivity contribution >= 4 is 23.6 Å². The number of aryl methyl sites for hydroxylation is 3. The summed E-state index contributed by atoms with van der Waals surface area (Å²) >= 11 is 0. The van der Waals surface area contributed by atoms with Crippen LogP contribution in [0.5, 0.6) is 0 Å². The lowest BCUT2D eigenvalue weighted by atomic mass is 10.1. The van der Waals surface area contributed by atoms with Gasteiger partial charge in [0.25, 0.3) is 0 Å². The molecule has 3 amide bonds. The van der Waals surface area contributed by atoms with Gasteiger partial charge in [0.2, 0.25) is 11.8 Å². The fourth-order valence-corrected chi connectivity index (χ4v) is 2.79. The number of rotatable bonds is 7. The van der Waals surface area contributed by atoms with Crippen molar-refractivity contribution in [2.75, 3.05) is 25.5 Å². The molecular weight excluding hydrogens is 358 g/mol. The summed E-state index contributed by atoms with van der Waals surface area (Å²) < 4.78 is 5.13. The molecule has 1 rings (SSSR count). The topological polar surface area (TPSA) is 87.7 Å². The largest absolute Gasteiger partial charge is 0.444 e. The van der Waals surface area contributed by atoms with Crippen LogP contribution in [0.4, 0.5) is 10.5 Å². The lowest BCUT2D eigenvalue weighted by Crippen LogP contribution is -2.36. The molecular formula is C21H33N3O4. The molecule has 0 saturated heterocycles. The molecule has 2 N–H and O–H groups in total. The summed E-state index contributed by atoms with van der Waals surface area (Å²) in [5, 5.41) is 5.50. The van der Waals surface area contributed by atoms with Crippen molar-refractivity contribution in [3.8, 4) is 0 Å². The molecule has 1 aromatic carbocycles. The number of nitrogens with one attached hydrogen (secondary N) is 2. The van der Waals surface area contributed by atoms with E-state index in [0.29, 0.717) is 13.0 Å². The zero-order chi connectivity index (χ0) is 21.5. The first-order chi connectivity index (χ1) is 12.9. The van der Waals surface area contributed by atoms with Gasteiger partial charge < -0.3 is 20.3 Å². The van der Waals surface area contributed by atoms with Gasteiger partial charge in [-0.05, 0) is 59.1 Å². The van der Waals surface area contributed by atoms with Crippen LogP contribution < -0.4 is 10.6 Å². The molecule has 7 heteroatoms. The van der Waals surface area contributed by atoms with Crippen LogP contribution in [-0.2, 0) is 14.3 Å². The fourth-order valence-electron chi connectivity index (χ4n) is 2.79. The van der Waals surface area contributed by atoms with Gasteiger partial charge in [0.1, 0.15) is 5.60 Å². The van der Waals surface area contributed by atoms with Crippen LogP contribution in [0.1, 0.15) is 50.3 Å². The third kappa shape index (κ3) is 8.41. The maximum Gasteiger partial charge on any atom is 0.407 e. The Morgan fingerprint density at radius 3 is 2.18 bits per heavy atom. The van der Waals surface area contributed by atoms with E-state index in [1.54, 1.807) is 27.8 Å². The molecule has 0 spiro atoms. The third-order valence-electron chi connectivity index (χ3n) is 3.98. The Morgan fingerprint density at radius 2 is 1.64 bits per heavy atom. The van der Waals surface area contributed by atoms with E-state index in [1.807, 2.05) is 32.9 Å². The Bertz CT molecular complexity index is 700. The van der Waals surface area contributed by atoms with Gasteiger partial charge in [0.15, 0.2) is 0 Å². The van der Waals surface area contributed by atoms with Gasteiger partial charge in [-0.3, -0.25) is 9.59 Å². The molecule has 0 aliphatic rings. The molecule has 0 saturated carbocycles. The Morgan fingerprint density at radius 1 is 1.07 bits per heavy atom. The van der Waals surface area contributed by atoms with Gasteiger partial charge >= 0.3 is 6.09 Å². The van der Waals surface area contributed by atoms with E-state index in [9.17, 15) is 14.4 Å². The van der Waals surface area contributed by atoms with E-state index >= 15 is 0 Å². The molecule has 7 nitrogen and oxygen atoms in total. The van der Waals surface area contributed by atoms with Gasteiger partial charge in [-0.2, -0.15) is 0 Å². The second kappa shape index (κ2) is 10.1. The second-order valence-electron chi connectivity index (χ2n) is 8.10. The zero-order valence-electron chi connectivity index (χ0n) is 18.1. The summed E-state index contributed by atoms with van der Waals surface area (Å²) in [5.41, 5.74) is 3.36. The lowest BCUT2D eigenvalue weighted by Gasteiger charge is -2.20. The van der Waals surface area contributed by atoms with Crippen LogP contribution in [-0.4, -0.2) is 48.5 Å². The molecule has 28 heavy (non-hydrogen) atoms. The molecule has 0 heterocycles. The highest BCUT2D eigenvalue weighted by molar-refractivity contribution is 5.95. The molecule has 0 bridgehead atoms. The summed E-state index contributed by atoms with van der Waals surface area (Å²) in [7, 11) is 1.60. The van der Waals surface area contributed by atoms with Crippen molar-refractivity contribution < 1.29 is 19.1 Å². The number of alkyl carbamates (subject to hydrolysis) is 1. The predicted molar refractivity (Wildman–Crippen MR) is 110 cm³/mol. The molecule has 0 radical (unpaired) electrons. The first-order valence-electron chi connectivity index (χ1n) is 9.47. The number of likely N-dealkylation sites (N-methyl/N-ethyl adjacent to an activating group) is 1. The minimum absolute atomic E-state index is 0.0227. The predicted octanol–water partition coefficient (Wildman–Crippen LogP) is 3.31. The number of amides is 3. The van der Waals surface area contributed by atoms with Crippen molar-refractivity contribution in [3.63, 3.8) is 0 Å². The van der Waals surface area contributed by atoms with Crippen LogP contribution >= 0.6 is 0 Å². The molecule has 0 atom stereocenters. The average molecular weight is 392 g/mol. The molecule has 0 aliphatic heterocycles. The normalized spacial score (nSPS) is 11.0. The summed E-state index contributed by atoms with van der Waals surface area (Å²) in [4.78, 5) is 37.4. The number of carbonyl (C=O) groups excluding carboxylic acids is 3. The summed E-state index contributed by atoms with van der Waals surface area (Å²) in [5.74, 6) is -0.392. The quantitative estimate of drug-likeness (QED) is 0.698. The maximum atomic E-state index is 12.3. The number of ether oxygens (including phenoxy) is 1. The van der Waals surface area contributed by atoms with Crippen molar-refractivity contribution in [1.82, 2.24) is 10.2 Å². The van der Waals surface area contributed by atoms with Crippen LogP contribution in [0.15, 0.2) is 12.1 Å². The Kier molecular flexibility index (Phi) is 8.47. The Balaban J connectivity index is 2.40. The monoisotopic (exact) mass is 391 g/mol. The first kappa shape index (κ1) is 23.5. The number of hydrogen-bond donors (Lipinski definition) is 2. The van der Waals surface area contributed by atoms with E-state index in [-0.39, 0.29) is 24.8 Å². The van der Waals surface area contributed by atoms with Gasteiger partial charge in [-0.15, -0.1) is 0 Å². The van der Waals surface area contributed by atoms with E-state index in [0.717, 1.165) is 22.4 Å².